The summed E-state index contributed by atoms with van der Waals surface area (Å²) in [6.45, 7) is 2.03. The standard InChI is InChI=1S/C15H14BrN3O/c1-9-3-2-4-10-7-13(20-15(9)10)14(19-17)12-6-5-11(16)8-18-12/h2-8,14,19H,17H2,1H3. The monoisotopic (exact) mass is 331 g/mol. The van der Waals surface area contributed by atoms with Gasteiger partial charge in [0.25, 0.3) is 0 Å². The van der Waals surface area contributed by atoms with E-state index >= 15 is 0 Å². The van der Waals surface area contributed by atoms with Crippen LogP contribution in [0.15, 0.2) is 51.5 Å². The predicted octanol–water partition coefficient (Wildman–Crippen LogP) is 3.45. The van der Waals surface area contributed by atoms with Crippen LogP contribution in [0.25, 0.3) is 11.0 Å². The summed E-state index contributed by atoms with van der Waals surface area (Å²) in [7, 11) is 0. The topological polar surface area (TPSA) is 64.1 Å². The van der Waals surface area contributed by atoms with Crippen LogP contribution in [0.1, 0.15) is 23.1 Å². The van der Waals surface area contributed by atoms with Crippen LogP contribution < -0.4 is 11.3 Å². The highest BCUT2D eigenvalue weighted by Gasteiger charge is 2.18. The van der Waals surface area contributed by atoms with Crippen LogP contribution in [0.3, 0.4) is 0 Å². The maximum atomic E-state index is 5.94. The molecule has 0 aliphatic heterocycles. The van der Waals surface area contributed by atoms with E-state index in [4.69, 9.17) is 10.3 Å². The van der Waals surface area contributed by atoms with Crippen LogP contribution in [0.4, 0.5) is 0 Å². The van der Waals surface area contributed by atoms with Gasteiger partial charge in [-0.2, -0.15) is 0 Å². The number of aromatic nitrogens is 1. The maximum Gasteiger partial charge on any atom is 0.137 e. The summed E-state index contributed by atoms with van der Waals surface area (Å²) >= 11 is 3.37. The SMILES string of the molecule is Cc1cccc2cc(C(NN)c3ccc(Br)cn3)oc12. The number of halogens is 1. The third-order valence-electron chi connectivity index (χ3n) is 3.26. The van der Waals surface area contributed by atoms with E-state index in [-0.39, 0.29) is 6.04 Å². The number of nitrogens with two attached hydrogens (primary N) is 1. The van der Waals surface area contributed by atoms with Gasteiger partial charge in [0, 0.05) is 16.1 Å². The van der Waals surface area contributed by atoms with Crippen LogP contribution in [0, 0.1) is 6.92 Å². The molecule has 2 aromatic heterocycles. The van der Waals surface area contributed by atoms with E-state index < -0.39 is 0 Å². The molecule has 0 fully saturated rings. The van der Waals surface area contributed by atoms with Gasteiger partial charge >= 0.3 is 0 Å². The lowest BCUT2D eigenvalue weighted by Gasteiger charge is -2.12. The van der Waals surface area contributed by atoms with Crippen molar-refractivity contribution in [1.29, 1.82) is 0 Å². The van der Waals surface area contributed by atoms with Crippen molar-refractivity contribution in [2.75, 3.05) is 0 Å². The lowest BCUT2D eigenvalue weighted by atomic mass is 10.1. The Morgan fingerprint density at radius 1 is 1.30 bits per heavy atom. The van der Waals surface area contributed by atoms with E-state index in [9.17, 15) is 0 Å². The Labute approximate surface area is 125 Å². The molecule has 0 saturated carbocycles. The highest BCUT2D eigenvalue weighted by Crippen LogP contribution is 2.29. The third-order valence-corrected chi connectivity index (χ3v) is 3.73. The smallest absolute Gasteiger partial charge is 0.137 e. The number of fused-ring (bicyclic) bond motifs is 1. The zero-order valence-electron chi connectivity index (χ0n) is 10.9. The van der Waals surface area contributed by atoms with Gasteiger partial charge in [0.2, 0.25) is 0 Å². The van der Waals surface area contributed by atoms with E-state index in [2.05, 4.69) is 26.3 Å². The third kappa shape index (κ3) is 2.35. The molecule has 0 bridgehead atoms. The van der Waals surface area contributed by atoms with Crippen molar-refractivity contribution in [3.8, 4) is 0 Å². The lowest BCUT2D eigenvalue weighted by molar-refractivity contribution is 0.470. The molecule has 5 heteroatoms. The van der Waals surface area contributed by atoms with Crippen molar-refractivity contribution in [3.05, 3.63) is 64.1 Å². The fourth-order valence-electron chi connectivity index (χ4n) is 2.24. The van der Waals surface area contributed by atoms with Gasteiger partial charge in [-0.25, -0.2) is 5.43 Å². The number of para-hydroxylation sites is 1. The number of hydrogen-bond donors (Lipinski definition) is 2. The molecule has 1 unspecified atom stereocenters. The summed E-state index contributed by atoms with van der Waals surface area (Å²) < 4.78 is 6.87. The summed E-state index contributed by atoms with van der Waals surface area (Å²) in [5.74, 6) is 6.43. The van der Waals surface area contributed by atoms with Crippen LogP contribution >= 0.6 is 15.9 Å². The average molecular weight is 332 g/mol. The first-order valence-corrected chi connectivity index (χ1v) is 7.05. The fourth-order valence-corrected chi connectivity index (χ4v) is 2.48. The summed E-state index contributed by atoms with van der Waals surface area (Å²) in [5, 5.41) is 1.07. The number of furan rings is 1. The molecule has 0 spiro atoms. The van der Waals surface area contributed by atoms with Crippen molar-refractivity contribution in [3.63, 3.8) is 0 Å². The number of hydrazine groups is 1. The summed E-state index contributed by atoms with van der Waals surface area (Å²) in [6, 6.07) is 11.6. The Morgan fingerprint density at radius 3 is 2.80 bits per heavy atom. The van der Waals surface area contributed by atoms with Gasteiger partial charge < -0.3 is 4.42 Å². The molecule has 0 saturated heterocycles. The molecule has 0 aliphatic carbocycles. The van der Waals surface area contributed by atoms with Gasteiger partial charge in [0.15, 0.2) is 0 Å². The molecule has 1 atom stereocenters. The van der Waals surface area contributed by atoms with Gasteiger partial charge in [0.05, 0.1) is 5.69 Å². The lowest BCUT2D eigenvalue weighted by Crippen LogP contribution is -2.29. The van der Waals surface area contributed by atoms with E-state index in [1.165, 1.54) is 0 Å². The Kier molecular flexibility index (Phi) is 3.56. The Bertz CT molecular complexity index is 736. The maximum absolute atomic E-state index is 5.94. The van der Waals surface area contributed by atoms with Crippen molar-refractivity contribution < 1.29 is 4.42 Å². The zero-order chi connectivity index (χ0) is 14.1. The van der Waals surface area contributed by atoms with Gasteiger partial charge in [-0.15, -0.1) is 0 Å². The Hall–Kier alpha value is -1.69. The van der Waals surface area contributed by atoms with E-state index in [1.54, 1.807) is 6.20 Å². The van der Waals surface area contributed by atoms with Crippen molar-refractivity contribution in [1.82, 2.24) is 10.4 Å². The van der Waals surface area contributed by atoms with Gasteiger partial charge in [-0.05, 0) is 46.6 Å². The number of aryl methyl sites for hydroxylation is 1. The van der Waals surface area contributed by atoms with Crippen LogP contribution in [-0.2, 0) is 0 Å². The fraction of sp³-hybridized carbons (Fsp3) is 0.133. The second-order valence-corrected chi connectivity index (χ2v) is 5.56. The molecule has 2 heterocycles. The number of rotatable bonds is 3. The van der Waals surface area contributed by atoms with Gasteiger partial charge in [-0.1, -0.05) is 18.2 Å². The molecule has 3 rings (SSSR count). The number of benzene rings is 1. The minimum Gasteiger partial charge on any atom is -0.459 e. The highest BCUT2D eigenvalue weighted by atomic mass is 79.9. The minimum atomic E-state index is -0.269. The first-order valence-electron chi connectivity index (χ1n) is 6.25. The molecule has 102 valence electrons. The van der Waals surface area contributed by atoms with Crippen molar-refractivity contribution >= 4 is 26.9 Å². The number of pyridine rings is 1. The normalized spacial score (nSPS) is 12.8. The average Bonchev–Trinajstić information content (AvgIpc) is 2.87. The largest absolute Gasteiger partial charge is 0.459 e. The summed E-state index contributed by atoms with van der Waals surface area (Å²) in [5.41, 5.74) is 5.57. The molecular weight excluding hydrogens is 318 g/mol. The van der Waals surface area contributed by atoms with E-state index in [0.717, 1.165) is 32.5 Å². The minimum absolute atomic E-state index is 0.269. The number of nitrogens with one attached hydrogen (secondary N) is 1. The molecular formula is C15H14BrN3O. The molecule has 3 N–H and O–H groups in total. The Balaban J connectivity index is 2.07. The molecule has 1 aromatic carbocycles. The molecule has 0 amide bonds. The predicted molar refractivity (Wildman–Crippen MR) is 82.1 cm³/mol. The number of hydrogen-bond acceptors (Lipinski definition) is 4. The summed E-state index contributed by atoms with van der Waals surface area (Å²) in [4.78, 5) is 4.37. The quantitative estimate of drug-likeness (QED) is 0.570. The molecule has 4 nitrogen and oxygen atoms in total. The van der Waals surface area contributed by atoms with Gasteiger partial charge in [-0.3, -0.25) is 10.8 Å². The Morgan fingerprint density at radius 2 is 2.15 bits per heavy atom. The summed E-state index contributed by atoms with van der Waals surface area (Å²) in [6.07, 6.45) is 1.74. The van der Waals surface area contributed by atoms with Crippen molar-refractivity contribution in [2.24, 2.45) is 5.84 Å². The van der Waals surface area contributed by atoms with E-state index in [1.807, 2.05) is 43.3 Å². The molecule has 20 heavy (non-hydrogen) atoms. The van der Waals surface area contributed by atoms with Crippen molar-refractivity contribution in [2.45, 2.75) is 13.0 Å². The second-order valence-electron chi connectivity index (χ2n) is 4.64. The van der Waals surface area contributed by atoms with Gasteiger partial charge in [0.1, 0.15) is 17.4 Å². The zero-order valence-corrected chi connectivity index (χ0v) is 12.5. The first kappa shape index (κ1) is 13.3. The first-order chi connectivity index (χ1) is 9.69. The second kappa shape index (κ2) is 5.36. The van der Waals surface area contributed by atoms with E-state index in [0.29, 0.717) is 0 Å². The van der Waals surface area contributed by atoms with Crippen LogP contribution in [0.2, 0.25) is 0 Å². The van der Waals surface area contributed by atoms with Crippen LogP contribution in [-0.4, -0.2) is 4.98 Å². The number of nitrogens with zero attached hydrogens (tertiary/aromatic N) is 1. The highest BCUT2D eigenvalue weighted by molar-refractivity contribution is 9.10. The molecule has 3 aromatic rings. The van der Waals surface area contributed by atoms with Crippen LogP contribution in [0.5, 0.6) is 0 Å². The molecule has 0 radical (unpaired) electrons. The molecule has 0 aliphatic rings.